The molecule has 0 aromatic carbocycles. The highest BCUT2D eigenvalue weighted by Crippen LogP contribution is 2.10. The number of rotatable bonds is 4. The lowest BCUT2D eigenvalue weighted by Gasteiger charge is -2.21. The van der Waals surface area contributed by atoms with Crippen molar-refractivity contribution in [3.8, 4) is 0 Å². The van der Waals surface area contributed by atoms with Crippen molar-refractivity contribution in [3.05, 3.63) is 30.2 Å². The van der Waals surface area contributed by atoms with E-state index < -0.39 is 0 Å². The zero-order valence-corrected chi connectivity index (χ0v) is 11.6. The number of piperidine rings is 1. The van der Waals surface area contributed by atoms with Crippen LogP contribution in [0, 0.1) is 5.92 Å². The number of nitrogens with one attached hydrogen (secondary N) is 2. The number of carbonyl (C=O) groups excluding carboxylic acids is 2. The molecule has 2 aromatic rings. The summed E-state index contributed by atoms with van der Waals surface area (Å²) in [5.41, 5.74) is 0.800. The Morgan fingerprint density at radius 3 is 3.14 bits per heavy atom. The number of amides is 2. The van der Waals surface area contributed by atoms with Gasteiger partial charge < -0.3 is 10.6 Å². The van der Waals surface area contributed by atoms with Crippen LogP contribution in [0.4, 0.5) is 0 Å². The molecule has 1 fully saturated rings. The van der Waals surface area contributed by atoms with Crippen molar-refractivity contribution in [3.63, 3.8) is 0 Å². The quantitative estimate of drug-likeness (QED) is 0.823. The van der Waals surface area contributed by atoms with Gasteiger partial charge in [-0.25, -0.2) is 0 Å². The third-order valence-electron chi connectivity index (χ3n) is 3.67. The first-order valence-electron chi connectivity index (χ1n) is 7.07. The molecule has 0 spiro atoms. The summed E-state index contributed by atoms with van der Waals surface area (Å²) in [4.78, 5) is 23.1. The van der Waals surface area contributed by atoms with Gasteiger partial charge in [0.2, 0.25) is 11.8 Å². The Morgan fingerprint density at radius 2 is 2.33 bits per heavy atom. The second-order valence-corrected chi connectivity index (χ2v) is 5.13. The number of nitrogens with zero attached hydrogens (tertiary/aromatic N) is 3. The second kappa shape index (κ2) is 5.90. The van der Waals surface area contributed by atoms with Gasteiger partial charge in [-0.1, -0.05) is 6.07 Å². The molecule has 1 saturated heterocycles. The lowest BCUT2D eigenvalue weighted by molar-refractivity contribution is -0.128. The zero-order valence-electron chi connectivity index (χ0n) is 11.6. The summed E-state index contributed by atoms with van der Waals surface area (Å²) in [6.45, 7) is 0.942. The highest BCUT2D eigenvalue weighted by molar-refractivity contribution is 5.83. The molecule has 2 amide bonds. The minimum atomic E-state index is -0.127. The number of hydrogen-bond donors (Lipinski definition) is 2. The third-order valence-corrected chi connectivity index (χ3v) is 3.67. The van der Waals surface area contributed by atoms with Crippen LogP contribution in [0.3, 0.4) is 0 Å². The molecule has 2 N–H and O–H groups in total. The van der Waals surface area contributed by atoms with Crippen molar-refractivity contribution in [1.29, 1.82) is 0 Å². The fourth-order valence-corrected chi connectivity index (χ4v) is 2.46. The highest BCUT2D eigenvalue weighted by atomic mass is 16.2. The SMILES string of the molecule is O=C1CCC(C(=O)NCCc2nnc3ccccn23)CN1. The first-order valence-corrected chi connectivity index (χ1v) is 7.07. The molecule has 7 nitrogen and oxygen atoms in total. The maximum Gasteiger partial charge on any atom is 0.224 e. The van der Waals surface area contributed by atoms with Gasteiger partial charge in [-0.2, -0.15) is 0 Å². The summed E-state index contributed by atoms with van der Waals surface area (Å²) < 4.78 is 1.91. The predicted octanol–water partition coefficient (Wildman–Crippen LogP) is -0.0858. The summed E-state index contributed by atoms with van der Waals surface area (Å²) in [7, 11) is 0. The Hall–Kier alpha value is -2.44. The van der Waals surface area contributed by atoms with E-state index in [0.29, 0.717) is 32.4 Å². The summed E-state index contributed by atoms with van der Waals surface area (Å²) in [5.74, 6) is 0.707. The predicted molar refractivity (Wildman–Crippen MR) is 75.4 cm³/mol. The largest absolute Gasteiger partial charge is 0.355 e. The molecule has 0 radical (unpaired) electrons. The number of fused-ring (bicyclic) bond motifs is 1. The van der Waals surface area contributed by atoms with Gasteiger partial charge in [0.25, 0.3) is 0 Å². The molecule has 1 aliphatic rings. The van der Waals surface area contributed by atoms with Crippen LogP contribution in [0.2, 0.25) is 0 Å². The van der Waals surface area contributed by atoms with Gasteiger partial charge in [-0.3, -0.25) is 14.0 Å². The van der Waals surface area contributed by atoms with Crippen LogP contribution in [0.5, 0.6) is 0 Å². The molecule has 7 heteroatoms. The Bertz CT molecular complexity index is 656. The number of pyridine rings is 1. The smallest absolute Gasteiger partial charge is 0.224 e. The average molecular weight is 287 g/mol. The van der Waals surface area contributed by atoms with Crippen molar-refractivity contribution < 1.29 is 9.59 Å². The van der Waals surface area contributed by atoms with E-state index in [4.69, 9.17) is 0 Å². The van der Waals surface area contributed by atoms with Crippen molar-refractivity contribution in [2.45, 2.75) is 19.3 Å². The van der Waals surface area contributed by atoms with Crippen LogP contribution in [0.25, 0.3) is 5.65 Å². The van der Waals surface area contributed by atoms with E-state index in [1.165, 1.54) is 0 Å². The van der Waals surface area contributed by atoms with Gasteiger partial charge in [-0.05, 0) is 18.6 Å². The van der Waals surface area contributed by atoms with Crippen molar-refractivity contribution >= 4 is 17.5 Å². The van der Waals surface area contributed by atoms with E-state index >= 15 is 0 Å². The average Bonchev–Trinajstić information content (AvgIpc) is 2.91. The van der Waals surface area contributed by atoms with Gasteiger partial charge in [0.1, 0.15) is 5.82 Å². The van der Waals surface area contributed by atoms with Gasteiger partial charge >= 0.3 is 0 Å². The molecule has 0 aliphatic carbocycles. The molecule has 2 aromatic heterocycles. The van der Waals surface area contributed by atoms with Gasteiger partial charge in [0, 0.05) is 32.1 Å². The molecule has 3 rings (SSSR count). The van der Waals surface area contributed by atoms with E-state index in [2.05, 4.69) is 20.8 Å². The Labute approximate surface area is 121 Å². The maximum atomic E-state index is 12.0. The van der Waals surface area contributed by atoms with Gasteiger partial charge in [0.05, 0.1) is 5.92 Å². The molecule has 21 heavy (non-hydrogen) atoms. The van der Waals surface area contributed by atoms with Crippen LogP contribution in [0.15, 0.2) is 24.4 Å². The minimum absolute atomic E-state index is 0.0104. The van der Waals surface area contributed by atoms with Gasteiger partial charge in [0.15, 0.2) is 5.65 Å². The van der Waals surface area contributed by atoms with Crippen LogP contribution < -0.4 is 10.6 Å². The first kappa shape index (κ1) is 13.5. The van der Waals surface area contributed by atoms with Crippen LogP contribution in [-0.2, 0) is 16.0 Å². The fourth-order valence-electron chi connectivity index (χ4n) is 2.46. The summed E-state index contributed by atoms with van der Waals surface area (Å²) >= 11 is 0. The summed E-state index contributed by atoms with van der Waals surface area (Å²) in [6.07, 6.45) is 3.57. The lowest BCUT2D eigenvalue weighted by Crippen LogP contribution is -2.43. The monoisotopic (exact) mass is 287 g/mol. The Balaban J connectivity index is 1.52. The topological polar surface area (TPSA) is 88.4 Å². The maximum absolute atomic E-state index is 12.0. The molecular formula is C14H17N5O2. The molecular weight excluding hydrogens is 270 g/mol. The van der Waals surface area contributed by atoms with Crippen LogP contribution in [-0.4, -0.2) is 39.5 Å². The Morgan fingerprint density at radius 1 is 1.43 bits per heavy atom. The van der Waals surface area contributed by atoms with E-state index in [0.717, 1.165) is 11.5 Å². The third kappa shape index (κ3) is 3.01. The zero-order chi connectivity index (χ0) is 14.7. The van der Waals surface area contributed by atoms with Crippen molar-refractivity contribution in [2.75, 3.05) is 13.1 Å². The molecule has 0 bridgehead atoms. The van der Waals surface area contributed by atoms with Crippen LogP contribution >= 0.6 is 0 Å². The molecule has 110 valence electrons. The molecule has 0 saturated carbocycles. The van der Waals surface area contributed by atoms with Gasteiger partial charge in [-0.15, -0.1) is 10.2 Å². The summed E-state index contributed by atoms with van der Waals surface area (Å²) in [5, 5.41) is 13.8. The minimum Gasteiger partial charge on any atom is -0.355 e. The van der Waals surface area contributed by atoms with Crippen LogP contribution in [0.1, 0.15) is 18.7 Å². The van der Waals surface area contributed by atoms with Crippen molar-refractivity contribution in [2.24, 2.45) is 5.92 Å². The van der Waals surface area contributed by atoms with E-state index in [1.54, 1.807) is 0 Å². The second-order valence-electron chi connectivity index (χ2n) is 5.13. The fraction of sp³-hybridized carbons (Fsp3) is 0.429. The first-order chi connectivity index (χ1) is 10.2. The standard InChI is InChI=1S/C14H17N5O2/c20-13-5-4-10(9-16-13)14(21)15-7-6-12-18-17-11-3-1-2-8-19(11)12/h1-3,8,10H,4-7,9H2,(H,15,21)(H,16,20). The molecule has 1 unspecified atom stereocenters. The molecule has 3 heterocycles. The molecule has 1 atom stereocenters. The number of carbonyl (C=O) groups is 2. The normalized spacial score (nSPS) is 18.5. The van der Waals surface area contributed by atoms with Crippen molar-refractivity contribution in [1.82, 2.24) is 25.2 Å². The van der Waals surface area contributed by atoms with E-state index in [9.17, 15) is 9.59 Å². The number of aromatic nitrogens is 3. The summed E-state index contributed by atoms with van der Waals surface area (Å²) in [6, 6.07) is 5.72. The highest BCUT2D eigenvalue weighted by Gasteiger charge is 2.23. The van der Waals surface area contributed by atoms with E-state index in [-0.39, 0.29) is 17.7 Å². The van der Waals surface area contributed by atoms with E-state index in [1.807, 2.05) is 28.8 Å². The Kier molecular flexibility index (Phi) is 3.81. The molecule has 1 aliphatic heterocycles. The lowest BCUT2D eigenvalue weighted by atomic mass is 9.98. The number of hydrogen-bond acceptors (Lipinski definition) is 4.